The van der Waals surface area contributed by atoms with Gasteiger partial charge in [0.1, 0.15) is 5.75 Å². The fraction of sp³-hybridized carbons (Fsp3) is 0.250. The Morgan fingerprint density at radius 3 is 2.93 bits per heavy atom. The van der Waals surface area contributed by atoms with Crippen LogP contribution in [0.4, 0.5) is 0 Å². The molecule has 0 N–H and O–H groups in total. The minimum Gasteiger partial charge on any atom is -0.513 e. The molecule has 0 atom stereocenters. The Morgan fingerprint density at radius 2 is 2.14 bits per heavy atom. The average molecular weight is 202 g/mol. The zero-order valence-electron chi connectivity index (χ0n) is 8.58. The summed E-state index contributed by atoms with van der Waals surface area (Å²) in [5, 5.41) is 0. The number of hydrogen-bond donors (Lipinski definition) is 0. The summed E-state index contributed by atoms with van der Waals surface area (Å²) in [5.41, 5.74) is 7.21. The largest absolute Gasteiger partial charge is 0.513 e. The predicted octanol–water partition coefficient (Wildman–Crippen LogP) is 2.50. The van der Waals surface area contributed by atoms with Crippen LogP contribution in [0.5, 0.6) is 5.75 Å². The van der Waals surface area contributed by atoms with Crippen LogP contribution in [0, 0.1) is 0 Å². The maximum Gasteiger partial charge on any atom is 0.264 e. The van der Waals surface area contributed by atoms with Crippen LogP contribution in [0.15, 0.2) is 35.5 Å². The average Bonchev–Trinajstić information content (AvgIpc) is 2.17. The molecule has 14 heavy (non-hydrogen) atoms. The molecule has 1 aromatic rings. The van der Waals surface area contributed by atoms with E-state index in [-0.39, 0.29) is 0 Å². The number of hydrogen-bond acceptors (Lipinski definition) is 1. The van der Waals surface area contributed by atoms with Crippen LogP contribution < -0.4 is 4.43 Å². The summed E-state index contributed by atoms with van der Waals surface area (Å²) < 4.78 is 5.91. The van der Waals surface area contributed by atoms with Gasteiger partial charge in [-0.1, -0.05) is 29.4 Å². The minimum absolute atomic E-state index is 0.846. The fourth-order valence-electron chi connectivity index (χ4n) is 1.52. The SMILES string of the molecule is CC(C)=C[Si]1=CCc2ccccc2O1. The second-order valence-corrected chi connectivity index (χ2v) is 5.45. The number of benzene rings is 1. The van der Waals surface area contributed by atoms with E-state index in [0.29, 0.717) is 0 Å². The highest BCUT2D eigenvalue weighted by Gasteiger charge is 2.10. The lowest BCUT2D eigenvalue weighted by molar-refractivity contribution is 0.587. The van der Waals surface area contributed by atoms with Gasteiger partial charge in [0.15, 0.2) is 0 Å². The van der Waals surface area contributed by atoms with Crippen molar-refractivity contribution >= 4 is 14.3 Å². The third-order valence-corrected chi connectivity index (χ3v) is 4.08. The van der Waals surface area contributed by atoms with E-state index in [2.05, 4.69) is 43.4 Å². The molecule has 0 unspecified atom stereocenters. The van der Waals surface area contributed by atoms with Crippen molar-refractivity contribution in [3.05, 3.63) is 41.1 Å². The summed E-state index contributed by atoms with van der Waals surface area (Å²) in [6.45, 7) is 4.24. The van der Waals surface area contributed by atoms with E-state index in [1.54, 1.807) is 0 Å². The first kappa shape index (κ1) is 9.40. The second kappa shape index (κ2) is 3.92. The summed E-state index contributed by atoms with van der Waals surface area (Å²) in [5.74, 6) is 1.07. The van der Waals surface area contributed by atoms with Crippen molar-refractivity contribution in [2.75, 3.05) is 0 Å². The monoisotopic (exact) mass is 202 g/mol. The molecule has 0 amide bonds. The minimum atomic E-state index is -0.846. The Bertz CT molecular complexity index is 401. The van der Waals surface area contributed by atoms with Crippen molar-refractivity contribution < 1.29 is 4.43 Å². The van der Waals surface area contributed by atoms with Gasteiger partial charge >= 0.3 is 0 Å². The molecule has 0 fully saturated rings. The lowest BCUT2D eigenvalue weighted by Crippen LogP contribution is -2.19. The molecule has 0 saturated heterocycles. The van der Waals surface area contributed by atoms with Crippen LogP contribution in [0.1, 0.15) is 19.4 Å². The summed E-state index contributed by atoms with van der Waals surface area (Å²) in [7, 11) is -0.846. The van der Waals surface area contributed by atoms with Gasteiger partial charge in [0, 0.05) is 0 Å². The molecule has 1 aliphatic rings. The van der Waals surface area contributed by atoms with Gasteiger partial charge in [-0.3, -0.25) is 0 Å². The third kappa shape index (κ3) is 2.01. The fourth-order valence-corrected chi connectivity index (χ4v) is 3.23. The van der Waals surface area contributed by atoms with Gasteiger partial charge in [-0.15, -0.1) is 0 Å². The quantitative estimate of drug-likeness (QED) is 0.636. The Hall–Kier alpha value is -1.15. The van der Waals surface area contributed by atoms with Crippen LogP contribution in [0.2, 0.25) is 0 Å². The van der Waals surface area contributed by atoms with Gasteiger partial charge in [-0.25, -0.2) is 0 Å². The number of allylic oxidation sites excluding steroid dienone is 1. The first-order valence-corrected chi connectivity index (χ1v) is 6.43. The van der Waals surface area contributed by atoms with E-state index in [1.165, 1.54) is 11.1 Å². The van der Waals surface area contributed by atoms with Gasteiger partial charge in [0.25, 0.3) is 8.65 Å². The molecule has 0 radical (unpaired) electrons. The summed E-state index contributed by atoms with van der Waals surface area (Å²) in [6.07, 6.45) is 1.05. The molecule has 0 aliphatic carbocycles. The van der Waals surface area contributed by atoms with Crippen molar-refractivity contribution in [2.45, 2.75) is 20.3 Å². The van der Waals surface area contributed by atoms with E-state index in [4.69, 9.17) is 4.43 Å². The van der Waals surface area contributed by atoms with E-state index < -0.39 is 8.65 Å². The molecule has 1 aromatic carbocycles. The zero-order chi connectivity index (χ0) is 9.97. The van der Waals surface area contributed by atoms with E-state index in [1.807, 2.05) is 6.07 Å². The van der Waals surface area contributed by atoms with Crippen molar-refractivity contribution in [2.24, 2.45) is 0 Å². The lowest BCUT2D eigenvalue weighted by Gasteiger charge is -2.15. The molecule has 1 nitrogen and oxygen atoms in total. The van der Waals surface area contributed by atoms with Crippen molar-refractivity contribution in [1.82, 2.24) is 0 Å². The molecule has 0 saturated carbocycles. The molecule has 1 aliphatic heterocycles. The van der Waals surface area contributed by atoms with Gasteiger partial charge in [0.2, 0.25) is 0 Å². The topological polar surface area (TPSA) is 9.23 Å². The molecular formula is C12H14OSi. The standard InChI is InChI=1S/C12H14OSi/c1-10(2)9-14-8-7-11-5-3-4-6-12(11)13-14/h3-6,8-9H,7H2,1-2H3. The van der Waals surface area contributed by atoms with Crippen LogP contribution in [-0.4, -0.2) is 14.3 Å². The maximum atomic E-state index is 5.91. The highest BCUT2D eigenvalue weighted by Crippen LogP contribution is 2.20. The Morgan fingerprint density at radius 1 is 1.36 bits per heavy atom. The van der Waals surface area contributed by atoms with E-state index in [0.717, 1.165) is 12.2 Å². The zero-order valence-corrected chi connectivity index (χ0v) is 9.58. The number of para-hydroxylation sites is 1. The highest BCUT2D eigenvalue weighted by molar-refractivity contribution is 6.66. The van der Waals surface area contributed by atoms with E-state index in [9.17, 15) is 0 Å². The Labute approximate surface area is 86.4 Å². The number of fused-ring (bicyclic) bond motifs is 1. The molecule has 0 aromatic heterocycles. The van der Waals surface area contributed by atoms with Crippen LogP contribution in [0.25, 0.3) is 0 Å². The molecule has 2 rings (SSSR count). The molecule has 0 spiro atoms. The van der Waals surface area contributed by atoms with Gasteiger partial charge in [-0.05, 0) is 37.6 Å². The third-order valence-electron chi connectivity index (χ3n) is 2.15. The summed E-state index contributed by atoms with van der Waals surface area (Å²) in [6, 6.07) is 8.29. The molecule has 1 heterocycles. The van der Waals surface area contributed by atoms with Crippen LogP contribution in [0.3, 0.4) is 0 Å². The normalized spacial score (nSPS) is 13.7. The van der Waals surface area contributed by atoms with Gasteiger partial charge in [0.05, 0.1) is 0 Å². The Kier molecular flexibility index (Phi) is 2.64. The smallest absolute Gasteiger partial charge is 0.264 e. The molecule has 2 heteroatoms. The van der Waals surface area contributed by atoms with Crippen molar-refractivity contribution in [1.29, 1.82) is 0 Å². The highest BCUT2D eigenvalue weighted by atomic mass is 28.3. The first-order valence-electron chi connectivity index (χ1n) is 4.86. The first-order chi connectivity index (χ1) is 6.75. The van der Waals surface area contributed by atoms with Crippen molar-refractivity contribution in [3.8, 4) is 5.75 Å². The second-order valence-electron chi connectivity index (χ2n) is 3.74. The molecule has 0 bridgehead atoms. The predicted molar refractivity (Wildman–Crippen MR) is 62.0 cm³/mol. The van der Waals surface area contributed by atoms with Gasteiger partial charge in [-0.2, -0.15) is 0 Å². The summed E-state index contributed by atoms with van der Waals surface area (Å²) >= 11 is 0. The van der Waals surface area contributed by atoms with Crippen molar-refractivity contribution in [3.63, 3.8) is 0 Å². The van der Waals surface area contributed by atoms with Gasteiger partial charge < -0.3 is 4.43 Å². The molecular weight excluding hydrogens is 188 g/mol. The van der Waals surface area contributed by atoms with Crippen LogP contribution >= 0.6 is 0 Å². The maximum absolute atomic E-state index is 5.91. The Balaban J connectivity index is 2.25. The number of rotatable bonds is 1. The summed E-state index contributed by atoms with van der Waals surface area (Å²) in [4.78, 5) is 0. The lowest BCUT2D eigenvalue weighted by atomic mass is 10.1. The van der Waals surface area contributed by atoms with E-state index >= 15 is 0 Å². The molecule has 72 valence electrons. The van der Waals surface area contributed by atoms with Crippen LogP contribution in [-0.2, 0) is 6.42 Å².